The molecule has 0 bridgehead atoms. The molecule has 2 atom stereocenters. The predicted octanol–water partition coefficient (Wildman–Crippen LogP) is 0.348. The van der Waals surface area contributed by atoms with Crippen LogP contribution in [0.2, 0.25) is 0 Å². The van der Waals surface area contributed by atoms with E-state index in [1.165, 1.54) is 13.2 Å². The van der Waals surface area contributed by atoms with Crippen molar-refractivity contribution in [2.45, 2.75) is 31.9 Å². The summed E-state index contributed by atoms with van der Waals surface area (Å²) in [4.78, 5) is 27.4. The van der Waals surface area contributed by atoms with Crippen molar-refractivity contribution in [1.29, 1.82) is 0 Å². The summed E-state index contributed by atoms with van der Waals surface area (Å²) in [5.74, 6) is -0.134. The molecule has 1 rings (SSSR count). The maximum absolute atomic E-state index is 11.9. The number of aliphatic imine (C=N–C) groups is 1. The highest BCUT2D eigenvalue weighted by molar-refractivity contribution is 5.83. The Morgan fingerprint density at radius 3 is 2.53 bits per heavy atom. The number of amides is 1. The normalized spacial score (nSPS) is 19.5. The first kappa shape index (κ1) is 11.9. The summed E-state index contributed by atoms with van der Waals surface area (Å²) in [6, 6.07) is -0.745. The van der Waals surface area contributed by atoms with E-state index in [1.54, 1.807) is 11.8 Å². The lowest BCUT2D eigenvalue weighted by Gasteiger charge is -2.22. The molecule has 0 unspecified atom stereocenters. The summed E-state index contributed by atoms with van der Waals surface area (Å²) < 4.78 is 5.03. The molecule has 0 saturated carbocycles. The Labute approximate surface area is 89.1 Å². The van der Waals surface area contributed by atoms with Crippen LogP contribution in [0, 0.1) is 0 Å². The Kier molecular flexibility index (Phi) is 4.46. The molecule has 1 aliphatic rings. The van der Waals surface area contributed by atoms with Gasteiger partial charge in [0.1, 0.15) is 0 Å². The molecule has 0 aliphatic carbocycles. The highest BCUT2D eigenvalue weighted by atomic mass is 16.5. The Hall–Kier alpha value is -1.19. The van der Waals surface area contributed by atoms with Gasteiger partial charge in [-0.2, -0.15) is 4.99 Å². The molecule has 0 spiro atoms. The Morgan fingerprint density at radius 2 is 2.07 bits per heavy atom. The lowest BCUT2D eigenvalue weighted by atomic mass is 10.1. The zero-order valence-corrected chi connectivity index (χ0v) is 9.10. The molecule has 0 aromatic carbocycles. The van der Waals surface area contributed by atoms with Crippen molar-refractivity contribution in [2.24, 2.45) is 4.99 Å². The van der Waals surface area contributed by atoms with E-state index in [1.807, 2.05) is 0 Å². The maximum atomic E-state index is 11.9. The van der Waals surface area contributed by atoms with Gasteiger partial charge in [-0.15, -0.1) is 0 Å². The van der Waals surface area contributed by atoms with Gasteiger partial charge in [-0.25, -0.2) is 4.79 Å². The molecule has 0 aromatic rings. The number of rotatable bonds is 4. The number of carbonyl (C=O) groups is 1. The quantitative estimate of drug-likeness (QED) is 0.499. The van der Waals surface area contributed by atoms with Crippen LogP contribution in [0.4, 0.5) is 0 Å². The Balaban J connectivity index is 2.69. The first-order chi connectivity index (χ1) is 7.20. The van der Waals surface area contributed by atoms with Crippen molar-refractivity contribution >= 4 is 12.0 Å². The molecule has 0 aromatic heterocycles. The first-order valence-electron chi connectivity index (χ1n) is 5.09. The summed E-state index contributed by atoms with van der Waals surface area (Å²) in [5.41, 5.74) is 0. The number of methoxy groups -OCH3 is 1. The van der Waals surface area contributed by atoms with Crippen LogP contribution in [0.1, 0.15) is 19.8 Å². The van der Waals surface area contributed by atoms with Crippen LogP contribution in [0.15, 0.2) is 4.99 Å². The molecule has 1 heterocycles. The monoisotopic (exact) mass is 212 g/mol. The van der Waals surface area contributed by atoms with Crippen LogP contribution in [-0.2, 0) is 14.3 Å². The average molecular weight is 212 g/mol. The molecular weight excluding hydrogens is 196 g/mol. The number of isocyanates is 1. The smallest absolute Gasteiger partial charge is 0.251 e. The fraction of sp³-hybridized carbons (Fsp3) is 0.800. The van der Waals surface area contributed by atoms with E-state index in [0.717, 1.165) is 25.9 Å². The molecule has 5 heteroatoms. The number of likely N-dealkylation sites (tertiary alicyclic amines) is 1. The van der Waals surface area contributed by atoms with Gasteiger partial charge in [0, 0.05) is 20.2 Å². The van der Waals surface area contributed by atoms with E-state index in [2.05, 4.69) is 4.99 Å². The standard InChI is InChI=1S/C10H16N2O3/c1-8(15-2)9(11-7-13)10(14)12-5-3-4-6-12/h8-9H,3-6H2,1-2H3/t8-,9+/m1/s1. The summed E-state index contributed by atoms with van der Waals surface area (Å²) in [6.45, 7) is 3.22. The molecule has 0 radical (unpaired) electrons. The molecule has 1 amide bonds. The van der Waals surface area contributed by atoms with Crippen molar-refractivity contribution < 1.29 is 14.3 Å². The van der Waals surface area contributed by atoms with E-state index in [0.29, 0.717) is 0 Å². The lowest BCUT2D eigenvalue weighted by Crippen LogP contribution is -2.42. The van der Waals surface area contributed by atoms with Crippen molar-refractivity contribution in [2.75, 3.05) is 20.2 Å². The van der Waals surface area contributed by atoms with Gasteiger partial charge < -0.3 is 9.64 Å². The van der Waals surface area contributed by atoms with Gasteiger partial charge in [0.2, 0.25) is 6.08 Å². The minimum atomic E-state index is -0.745. The number of carbonyl (C=O) groups excluding carboxylic acids is 2. The largest absolute Gasteiger partial charge is 0.379 e. The zero-order chi connectivity index (χ0) is 11.3. The predicted molar refractivity (Wildman–Crippen MR) is 54.2 cm³/mol. The van der Waals surface area contributed by atoms with Crippen LogP contribution >= 0.6 is 0 Å². The number of ether oxygens (including phenoxy) is 1. The third-order valence-electron chi connectivity index (χ3n) is 2.68. The molecule has 5 nitrogen and oxygen atoms in total. The summed E-state index contributed by atoms with van der Waals surface area (Å²) in [5, 5.41) is 0. The van der Waals surface area contributed by atoms with Gasteiger partial charge >= 0.3 is 0 Å². The second-order valence-corrected chi connectivity index (χ2v) is 3.64. The van der Waals surface area contributed by atoms with Gasteiger partial charge in [-0.1, -0.05) is 0 Å². The van der Waals surface area contributed by atoms with Crippen molar-refractivity contribution in [3.05, 3.63) is 0 Å². The van der Waals surface area contributed by atoms with E-state index in [9.17, 15) is 9.59 Å². The SMILES string of the molecule is CO[C@H](C)[C@H](N=C=O)C(=O)N1CCCC1. The molecule has 84 valence electrons. The minimum absolute atomic E-state index is 0.134. The summed E-state index contributed by atoms with van der Waals surface area (Å²) in [6.07, 6.45) is 3.08. The minimum Gasteiger partial charge on any atom is -0.379 e. The van der Waals surface area contributed by atoms with Gasteiger partial charge in [0.15, 0.2) is 6.04 Å². The molecule has 0 N–H and O–H groups in total. The van der Waals surface area contributed by atoms with Crippen molar-refractivity contribution in [3.8, 4) is 0 Å². The third kappa shape index (κ3) is 2.88. The fourth-order valence-electron chi connectivity index (χ4n) is 1.67. The Morgan fingerprint density at radius 1 is 1.47 bits per heavy atom. The van der Waals surface area contributed by atoms with E-state index in [-0.39, 0.29) is 12.0 Å². The highest BCUT2D eigenvalue weighted by Crippen LogP contribution is 2.13. The first-order valence-corrected chi connectivity index (χ1v) is 5.09. The van der Waals surface area contributed by atoms with Crippen molar-refractivity contribution in [3.63, 3.8) is 0 Å². The van der Waals surface area contributed by atoms with Crippen molar-refractivity contribution in [1.82, 2.24) is 4.90 Å². The molecule has 15 heavy (non-hydrogen) atoms. The second kappa shape index (κ2) is 5.63. The topological polar surface area (TPSA) is 59.0 Å². The summed E-state index contributed by atoms with van der Waals surface area (Å²) >= 11 is 0. The third-order valence-corrected chi connectivity index (χ3v) is 2.68. The number of nitrogens with zero attached hydrogens (tertiary/aromatic N) is 2. The second-order valence-electron chi connectivity index (χ2n) is 3.64. The molecule has 1 fully saturated rings. The molecular formula is C10H16N2O3. The average Bonchev–Trinajstić information content (AvgIpc) is 2.77. The van der Waals surface area contributed by atoms with E-state index < -0.39 is 6.04 Å². The van der Waals surface area contributed by atoms with Crippen LogP contribution in [0.3, 0.4) is 0 Å². The number of hydrogen-bond donors (Lipinski definition) is 0. The van der Waals surface area contributed by atoms with Crippen LogP contribution < -0.4 is 0 Å². The highest BCUT2D eigenvalue weighted by Gasteiger charge is 2.30. The van der Waals surface area contributed by atoms with E-state index in [4.69, 9.17) is 4.74 Å². The van der Waals surface area contributed by atoms with Crippen LogP contribution in [0.25, 0.3) is 0 Å². The zero-order valence-electron chi connectivity index (χ0n) is 9.10. The van der Waals surface area contributed by atoms with Gasteiger partial charge in [0.25, 0.3) is 5.91 Å². The maximum Gasteiger partial charge on any atom is 0.251 e. The van der Waals surface area contributed by atoms with Gasteiger partial charge in [0.05, 0.1) is 6.10 Å². The summed E-state index contributed by atoms with van der Waals surface area (Å²) in [7, 11) is 1.50. The Bertz CT molecular complexity index is 268. The number of hydrogen-bond acceptors (Lipinski definition) is 4. The van der Waals surface area contributed by atoms with Gasteiger partial charge in [-0.05, 0) is 19.8 Å². The lowest BCUT2D eigenvalue weighted by molar-refractivity contribution is -0.134. The van der Waals surface area contributed by atoms with Gasteiger partial charge in [-0.3, -0.25) is 4.79 Å². The van der Waals surface area contributed by atoms with E-state index >= 15 is 0 Å². The van der Waals surface area contributed by atoms with Crippen LogP contribution in [0.5, 0.6) is 0 Å². The fourth-order valence-corrected chi connectivity index (χ4v) is 1.67. The van der Waals surface area contributed by atoms with Crippen LogP contribution in [-0.4, -0.2) is 49.2 Å². The molecule has 1 aliphatic heterocycles. The molecule has 1 saturated heterocycles.